The summed E-state index contributed by atoms with van der Waals surface area (Å²) in [6, 6.07) is 11.1. The molecule has 1 aromatic heterocycles. The normalized spacial score (nSPS) is 14.1. The number of aromatic nitrogens is 1. The first-order valence-electron chi connectivity index (χ1n) is 10.5. The van der Waals surface area contributed by atoms with E-state index in [1.165, 1.54) is 0 Å². The molecule has 1 heterocycles. The number of urea groups is 1. The molecule has 1 aromatic carbocycles. The largest absolute Gasteiger partial charge is 0.497 e. The lowest BCUT2D eigenvalue weighted by molar-refractivity contribution is -0.133. The second-order valence-corrected chi connectivity index (χ2v) is 7.91. The molecule has 162 valence electrons. The number of methoxy groups -OCH3 is 1. The average Bonchev–Trinajstić information content (AvgIpc) is 3.51. The topological polar surface area (TPSA) is 66.8 Å². The van der Waals surface area contributed by atoms with Gasteiger partial charge >= 0.3 is 6.03 Å². The predicted octanol–water partition coefficient (Wildman–Crippen LogP) is 3.86. The van der Waals surface area contributed by atoms with E-state index in [2.05, 4.69) is 5.32 Å². The highest BCUT2D eigenvalue weighted by Crippen LogP contribution is 2.29. The lowest BCUT2D eigenvalue weighted by Gasteiger charge is -2.31. The van der Waals surface area contributed by atoms with E-state index in [4.69, 9.17) is 4.74 Å². The lowest BCUT2D eigenvalue weighted by atomic mass is 10.2. The Morgan fingerprint density at radius 2 is 1.93 bits per heavy atom. The Morgan fingerprint density at radius 1 is 1.23 bits per heavy atom. The van der Waals surface area contributed by atoms with Crippen molar-refractivity contribution in [3.8, 4) is 5.75 Å². The fourth-order valence-electron chi connectivity index (χ4n) is 3.40. The van der Waals surface area contributed by atoms with Crippen LogP contribution in [0.3, 0.4) is 0 Å². The second-order valence-electron chi connectivity index (χ2n) is 7.91. The molecule has 7 heteroatoms. The van der Waals surface area contributed by atoms with E-state index in [0.29, 0.717) is 12.2 Å². The molecule has 2 aromatic rings. The number of ether oxygens (including phenoxy) is 1. The standard InChI is InChI=1S/C23H32N4O3/c1-5-17(2)26(23(29)24-18-8-12-21(30-4)13-9-18)16-22(28)27(19-10-11-19)15-20-7-6-14-25(20)3/h6-9,12-14,17,19H,5,10-11,15-16H2,1-4H3,(H,24,29). The molecule has 3 amide bonds. The van der Waals surface area contributed by atoms with Crippen molar-refractivity contribution in [2.24, 2.45) is 7.05 Å². The summed E-state index contributed by atoms with van der Waals surface area (Å²) in [5, 5.41) is 2.91. The van der Waals surface area contributed by atoms with Gasteiger partial charge in [0, 0.05) is 36.7 Å². The monoisotopic (exact) mass is 412 g/mol. The van der Waals surface area contributed by atoms with Crippen LogP contribution in [0.1, 0.15) is 38.8 Å². The molecular formula is C23H32N4O3. The summed E-state index contributed by atoms with van der Waals surface area (Å²) in [5.41, 5.74) is 1.76. The first-order chi connectivity index (χ1) is 14.4. The third-order valence-electron chi connectivity index (χ3n) is 5.72. The van der Waals surface area contributed by atoms with Gasteiger partial charge in [-0.15, -0.1) is 0 Å². The first-order valence-corrected chi connectivity index (χ1v) is 10.5. The predicted molar refractivity (Wildman–Crippen MR) is 117 cm³/mol. The molecule has 7 nitrogen and oxygen atoms in total. The van der Waals surface area contributed by atoms with Crippen LogP contribution >= 0.6 is 0 Å². The summed E-state index contributed by atoms with van der Waals surface area (Å²) in [4.78, 5) is 29.8. The molecule has 0 saturated heterocycles. The number of nitrogens with zero attached hydrogens (tertiary/aromatic N) is 3. The third-order valence-corrected chi connectivity index (χ3v) is 5.72. The summed E-state index contributed by atoms with van der Waals surface area (Å²) in [6.07, 6.45) is 4.80. The van der Waals surface area contributed by atoms with Gasteiger partial charge in [0.1, 0.15) is 12.3 Å². The fraction of sp³-hybridized carbons (Fsp3) is 0.478. The summed E-state index contributed by atoms with van der Waals surface area (Å²) in [6.45, 7) is 4.63. The zero-order chi connectivity index (χ0) is 21.7. The smallest absolute Gasteiger partial charge is 0.322 e. The van der Waals surface area contributed by atoms with E-state index in [1.54, 1.807) is 36.3 Å². The van der Waals surface area contributed by atoms with Crippen LogP contribution in [0.2, 0.25) is 0 Å². The van der Waals surface area contributed by atoms with Crippen LogP contribution in [0.25, 0.3) is 0 Å². The zero-order valence-corrected chi connectivity index (χ0v) is 18.3. The van der Waals surface area contributed by atoms with Crippen molar-refractivity contribution in [3.05, 3.63) is 48.3 Å². The molecule has 3 rings (SSSR count). The molecule has 1 unspecified atom stereocenters. The number of anilines is 1. The minimum absolute atomic E-state index is 0.0103. The Kier molecular flexibility index (Phi) is 7.03. The number of hydrogen-bond donors (Lipinski definition) is 1. The van der Waals surface area contributed by atoms with Crippen molar-refractivity contribution < 1.29 is 14.3 Å². The second kappa shape index (κ2) is 9.69. The Labute approximate surface area is 178 Å². The van der Waals surface area contributed by atoms with Gasteiger partial charge in [0.05, 0.1) is 13.7 Å². The molecule has 0 radical (unpaired) electrons. The van der Waals surface area contributed by atoms with Crippen LogP contribution in [-0.2, 0) is 18.4 Å². The van der Waals surface area contributed by atoms with Crippen LogP contribution in [0.5, 0.6) is 5.75 Å². The molecule has 1 aliphatic rings. The summed E-state index contributed by atoms with van der Waals surface area (Å²) >= 11 is 0. The van der Waals surface area contributed by atoms with Crippen molar-refractivity contribution in [1.82, 2.24) is 14.4 Å². The van der Waals surface area contributed by atoms with Crippen LogP contribution in [-0.4, -0.2) is 52.0 Å². The Bertz CT molecular complexity index is 858. The van der Waals surface area contributed by atoms with Crippen molar-refractivity contribution >= 4 is 17.6 Å². The van der Waals surface area contributed by atoms with Gasteiger partial charge in [-0.3, -0.25) is 4.79 Å². The number of rotatable bonds is 9. The molecule has 0 spiro atoms. The first kappa shape index (κ1) is 21.7. The maximum atomic E-state index is 13.2. The fourth-order valence-corrected chi connectivity index (χ4v) is 3.40. The molecule has 1 aliphatic carbocycles. The highest BCUT2D eigenvalue weighted by atomic mass is 16.5. The van der Waals surface area contributed by atoms with Crippen molar-refractivity contribution in [2.75, 3.05) is 19.0 Å². The van der Waals surface area contributed by atoms with E-state index in [0.717, 1.165) is 30.7 Å². The van der Waals surface area contributed by atoms with Crippen LogP contribution in [0.4, 0.5) is 10.5 Å². The van der Waals surface area contributed by atoms with Gasteiger partial charge in [-0.05, 0) is 62.6 Å². The zero-order valence-electron chi connectivity index (χ0n) is 18.3. The number of carbonyl (C=O) groups excluding carboxylic acids is 2. The SMILES string of the molecule is CCC(C)N(CC(=O)N(Cc1cccn1C)C1CC1)C(=O)Nc1ccc(OC)cc1. The van der Waals surface area contributed by atoms with Crippen LogP contribution < -0.4 is 10.1 Å². The Morgan fingerprint density at radius 3 is 2.47 bits per heavy atom. The van der Waals surface area contributed by atoms with Crippen molar-refractivity contribution in [1.29, 1.82) is 0 Å². The van der Waals surface area contributed by atoms with E-state index >= 15 is 0 Å². The highest BCUT2D eigenvalue weighted by molar-refractivity contribution is 5.92. The van der Waals surface area contributed by atoms with E-state index < -0.39 is 0 Å². The number of aryl methyl sites for hydroxylation is 1. The van der Waals surface area contributed by atoms with Gasteiger partial charge in [0.15, 0.2) is 0 Å². The van der Waals surface area contributed by atoms with E-state index in [9.17, 15) is 9.59 Å². The summed E-state index contributed by atoms with van der Waals surface area (Å²) in [7, 11) is 3.59. The van der Waals surface area contributed by atoms with E-state index in [-0.39, 0.29) is 30.6 Å². The van der Waals surface area contributed by atoms with E-state index in [1.807, 2.05) is 48.7 Å². The van der Waals surface area contributed by atoms with Crippen LogP contribution in [0, 0.1) is 0 Å². The molecular weight excluding hydrogens is 380 g/mol. The maximum Gasteiger partial charge on any atom is 0.322 e. The molecule has 0 aliphatic heterocycles. The summed E-state index contributed by atoms with van der Waals surface area (Å²) in [5.74, 6) is 0.714. The van der Waals surface area contributed by atoms with Gasteiger partial charge in [-0.25, -0.2) is 4.79 Å². The Balaban J connectivity index is 1.69. The number of amides is 3. The molecule has 0 bridgehead atoms. The highest BCUT2D eigenvalue weighted by Gasteiger charge is 2.34. The number of nitrogens with one attached hydrogen (secondary N) is 1. The average molecular weight is 413 g/mol. The number of carbonyl (C=O) groups is 2. The van der Waals surface area contributed by atoms with Crippen LogP contribution in [0.15, 0.2) is 42.6 Å². The van der Waals surface area contributed by atoms with Crippen molar-refractivity contribution in [2.45, 2.75) is 51.7 Å². The minimum atomic E-state index is -0.266. The van der Waals surface area contributed by atoms with Crippen molar-refractivity contribution in [3.63, 3.8) is 0 Å². The molecule has 1 fully saturated rings. The molecule has 30 heavy (non-hydrogen) atoms. The van der Waals surface area contributed by atoms with Gasteiger partial charge in [0.25, 0.3) is 0 Å². The quantitative estimate of drug-likeness (QED) is 0.680. The number of hydrogen-bond acceptors (Lipinski definition) is 3. The van der Waals surface area contributed by atoms with Gasteiger partial charge in [0.2, 0.25) is 5.91 Å². The maximum absolute atomic E-state index is 13.2. The molecule has 1 saturated carbocycles. The van der Waals surface area contributed by atoms with Gasteiger partial charge in [-0.1, -0.05) is 6.92 Å². The van der Waals surface area contributed by atoms with Gasteiger partial charge in [-0.2, -0.15) is 0 Å². The lowest BCUT2D eigenvalue weighted by Crippen LogP contribution is -2.48. The molecule has 1 N–H and O–H groups in total. The minimum Gasteiger partial charge on any atom is -0.497 e. The Hall–Kier alpha value is -2.96. The third kappa shape index (κ3) is 5.34. The van der Waals surface area contributed by atoms with Gasteiger partial charge < -0.3 is 24.4 Å². The summed E-state index contributed by atoms with van der Waals surface area (Å²) < 4.78 is 7.19. The molecule has 1 atom stereocenters. The number of benzene rings is 1.